The van der Waals surface area contributed by atoms with Crippen LogP contribution in [0.15, 0.2) is 34.8 Å². The van der Waals surface area contributed by atoms with Gasteiger partial charge >= 0.3 is 0 Å². The molecular weight excluding hydrogens is 160 g/mol. The summed E-state index contributed by atoms with van der Waals surface area (Å²) in [5.74, 6) is -1.24. The Morgan fingerprint density at radius 3 is 1.50 bits per heavy atom. The fourth-order valence-electron chi connectivity index (χ4n) is 0.291. The molecular formula is C6H8N4O2. The molecule has 0 saturated carbocycles. The van der Waals surface area contributed by atoms with Crippen LogP contribution in [0.2, 0.25) is 0 Å². The number of rotatable bonds is 4. The number of primary amides is 2. The molecule has 64 valence electrons. The maximum Gasteiger partial charge on any atom is 0.243 e. The van der Waals surface area contributed by atoms with E-state index in [9.17, 15) is 9.59 Å². The third-order valence-electron chi connectivity index (χ3n) is 0.678. The van der Waals surface area contributed by atoms with E-state index in [1.807, 2.05) is 0 Å². The third kappa shape index (κ3) is 8.02. The van der Waals surface area contributed by atoms with Crippen molar-refractivity contribution in [2.45, 2.75) is 0 Å². The molecule has 0 unspecified atom stereocenters. The van der Waals surface area contributed by atoms with E-state index in [0.717, 1.165) is 24.6 Å². The Morgan fingerprint density at radius 2 is 1.25 bits per heavy atom. The first kappa shape index (κ1) is 10.0. The minimum absolute atomic E-state index is 0.618. The zero-order valence-electron chi connectivity index (χ0n) is 6.18. The number of nitrogens with zero attached hydrogens (tertiary/aromatic N) is 2. The van der Waals surface area contributed by atoms with Gasteiger partial charge in [0, 0.05) is 12.2 Å². The Bertz CT molecular complexity index is 228. The van der Waals surface area contributed by atoms with Crippen LogP contribution < -0.4 is 11.5 Å². The Balaban J connectivity index is 3.78. The molecule has 0 atom stereocenters. The van der Waals surface area contributed by atoms with E-state index in [4.69, 9.17) is 11.5 Å². The van der Waals surface area contributed by atoms with Gasteiger partial charge in [-0.25, -0.2) is 0 Å². The van der Waals surface area contributed by atoms with Crippen LogP contribution in [0.25, 0.3) is 0 Å². The molecule has 12 heavy (non-hydrogen) atoms. The maximum atomic E-state index is 10.1. The second-order valence-corrected chi connectivity index (χ2v) is 1.67. The van der Waals surface area contributed by atoms with E-state index in [-0.39, 0.29) is 0 Å². The van der Waals surface area contributed by atoms with Crippen LogP contribution >= 0.6 is 0 Å². The van der Waals surface area contributed by atoms with Crippen LogP contribution in [0.1, 0.15) is 0 Å². The molecule has 6 heteroatoms. The van der Waals surface area contributed by atoms with Crippen molar-refractivity contribution >= 4 is 11.8 Å². The van der Waals surface area contributed by atoms with Crippen LogP contribution in [0, 0.1) is 0 Å². The summed E-state index contributed by atoms with van der Waals surface area (Å²) in [6.45, 7) is 0. The normalized spacial score (nSPS) is 11.7. The minimum Gasteiger partial charge on any atom is -0.366 e. The smallest absolute Gasteiger partial charge is 0.243 e. The van der Waals surface area contributed by atoms with E-state index in [1.54, 1.807) is 0 Å². The van der Waals surface area contributed by atoms with Gasteiger partial charge in [-0.2, -0.15) is 10.2 Å². The highest BCUT2D eigenvalue weighted by Gasteiger charge is 1.79. The van der Waals surface area contributed by atoms with Gasteiger partial charge in [-0.05, 0) is 0 Å². The molecule has 2 amide bonds. The number of nitrogens with two attached hydrogens (primary N) is 2. The lowest BCUT2D eigenvalue weighted by Crippen LogP contribution is -2.05. The zero-order valence-corrected chi connectivity index (χ0v) is 6.18. The van der Waals surface area contributed by atoms with Crippen molar-refractivity contribution in [3.63, 3.8) is 0 Å². The number of hydrogen-bond donors (Lipinski definition) is 2. The first-order valence-electron chi connectivity index (χ1n) is 2.95. The van der Waals surface area contributed by atoms with Crippen LogP contribution in [0.4, 0.5) is 0 Å². The van der Waals surface area contributed by atoms with Crippen LogP contribution in [-0.4, -0.2) is 11.8 Å². The highest BCUT2D eigenvalue weighted by Crippen LogP contribution is 1.80. The van der Waals surface area contributed by atoms with Gasteiger partial charge in [0.1, 0.15) is 0 Å². The molecule has 0 rings (SSSR count). The summed E-state index contributed by atoms with van der Waals surface area (Å²) in [7, 11) is 0. The first-order valence-corrected chi connectivity index (χ1v) is 2.95. The maximum absolute atomic E-state index is 10.1. The summed E-state index contributed by atoms with van der Waals surface area (Å²) in [5.41, 5.74) is 9.47. The van der Waals surface area contributed by atoms with Gasteiger partial charge in [0.15, 0.2) is 0 Å². The number of hydrogen-bond acceptors (Lipinski definition) is 4. The Morgan fingerprint density at radius 1 is 0.917 bits per heavy atom. The van der Waals surface area contributed by atoms with Crippen molar-refractivity contribution in [1.29, 1.82) is 0 Å². The Hall–Kier alpha value is -1.98. The molecule has 0 radical (unpaired) electrons. The molecule has 4 N–H and O–H groups in total. The fourth-order valence-corrected chi connectivity index (χ4v) is 0.291. The molecule has 0 aromatic carbocycles. The van der Waals surface area contributed by atoms with Gasteiger partial charge in [0.2, 0.25) is 11.8 Å². The number of azo groups is 1. The van der Waals surface area contributed by atoms with Crippen LogP contribution in [0.5, 0.6) is 0 Å². The standard InChI is InChI=1S/C6H8N4O2/c7-5(11)1-3-9-10-4-2-6(8)12/h1-4H,(H2,7,11)(H2,8,12). The van der Waals surface area contributed by atoms with Crippen molar-refractivity contribution < 1.29 is 9.59 Å². The summed E-state index contributed by atoms with van der Waals surface area (Å²) in [5, 5.41) is 6.66. The second-order valence-electron chi connectivity index (χ2n) is 1.67. The predicted octanol–water partition coefficient (Wildman–Crippen LogP) is -0.563. The topological polar surface area (TPSA) is 111 Å². The zero-order chi connectivity index (χ0) is 9.40. The molecule has 0 fully saturated rings. The van der Waals surface area contributed by atoms with Crippen LogP contribution in [-0.2, 0) is 9.59 Å². The van der Waals surface area contributed by atoms with Crippen molar-refractivity contribution in [3.8, 4) is 0 Å². The minimum atomic E-state index is -0.618. The van der Waals surface area contributed by atoms with Gasteiger partial charge in [0.25, 0.3) is 0 Å². The molecule has 6 nitrogen and oxygen atoms in total. The largest absolute Gasteiger partial charge is 0.366 e. The van der Waals surface area contributed by atoms with E-state index < -0.39 is 11.8 Å². The quantitative estimate of drug-likeness (QED) is 0.433. The highest BCUT2D eigenvalue weighted by atomic mass is 16.1. The van der Waals surface area contributed by atoms with Crippen LogP contribution in [0.3, 0.4) is 0 Å². The molecule has 0 aromatic rings. The third-order valence-corrected chi connectivity index (χ3v) is 0.678. The van der Waals surface area contributed by atoms with Gasteiger partial charge in [0.05, 0.1) is 12.4 Å². The lowest BCUT2D eigenvalue weighted by molar-refractivity contribution is -0.114. The summed E-state index contributed by atoms with van der Waals surface area (Å²) in [6.07, 6.45) is 4.27. The second kappa shape index (κ2) is 5.78. The van der Waals surface area contributed by atoms with E-state index in [0.29, 0.717) is 0 Å². The fraction of sp³-hybridized carbons (Fsp3) is 0. The molecule has 0 spiro atoms. The lowest BCUT2D eigenvalue weighted by Gasteiger charge is -1.76. The average Bonchev–Trinajstić information content (AvgIpc) is 1.95. The van der Waals surface area contributed by atoms with Crippen molar-refractivity contribution in [3.05, 3.63) is 24.6 Å². The molecule has 0 aliphatic carbocycles. The van der Waals surface area contributed by atoms with Gasteiger partial charge in [-0.1, -0.05) is 0 Å². The lowest BCUT2D eigenvalue weighted by atomic mass is 10.6. The Kier molecular flexibility index (Phi) is 4.83. The van der Waals surface area contributed by atoms with Gasteiger partial charge in [-0.15, -0.1) is 0 Å². The summed E-state index contributed by atoms with van der Waals surface area (Å²) in [6, 6.07) is 0. The monoisotopic (exact) mass is 168 g/mol. The SMILES string of the molecule is NC(=O)C=CN=NC=CC(N)=O. The summed E-state index contributed by atoms with van der Waals surface area (Å²) >= 11 is 0. The number of amides is 2. The Labute approximate surface area is 68.6 Å². The molecule has 0 aliphatic rings. The number of carbonyl (C=O) groups excluding carboxylic acids is 2. The van der Waals surface area contributed by atoms with Crippen molar-refractivity contribution in [2.75, 3.05) is 0 Å². The molecule has 0 saturated heterocycles. The molecule has 0 bridgehead atoms. The summed E-state index contributed by atoms with van der Waals surface area (Å²) in [4.78, 5) is 20.2. The summed E-state index contributed by atoms with van der Waals surface area (Å²) < 4.78 is 0. The van der Waals surface area contributed by atoms with E-state index in [1.165, 1.54) is 0 Å². The first-order chi connectivity index (χ1) is 5.63. The average molecular weight is 168 g/mol. The highest BCUT2D eigenvalue weighted by molar-refractivity contribution is 5.86. The van der Waals surface area contributed by atoms with Crippen molar-refractivity contribution in [2.24, 2.45) is 21.7 Å². The van der Waals surface area contributed by atoms with Gasteiger partial charge in [-0.3, -0.25) is 9.59 Å². The molecule has 0 aliphatic heterocycles. The van der Waals surface area contributed by atoms with Gasteiger partial charge < -0.3 is 11.5 Å². The molecule has 0 heterocycles. The molecule has 0 aromatic heterocycles. The predicted molar refractivity (Wildman–Crippen MR) is 41.5 cm³/mol. The van der Waals surface area contributed by atoms with E-state index >= 15 is 0 Å². The number of carbonyl (C=O) groups is 2. The van der Waals surface area contributed by atoms with Crippen molar-refractivity contribution in [1.82, 2.24) is 0 Å². The van der Waals surface area contributed by atoms with E-state index in [2.05, 4.69) is 10.2 Å².